The van der Waals surface area contributed by atoms with Crippen molar-refractivity contribution >= 4 is 16.7 Å². The Hall–Kier alpha value is -2.56. The largest absolute Gasteiger partial charge is 0.361 e. The molecule has 0 fully saturated rings. The van der Waals surface area contributed by atoms with Crippen molar-refractivity contribution < 1.29 is 0 Å². The molecule has 0 aliphatic heterocycles. The second kappa shape index (κ2) is 5.67. The average molecular weight is 293 g/mol. The number of aromatic nitrogens is 4. The zero-order valence-corrected chi connectivity index (χ0v) is 13.3. The fraction of sp³-hybridized carbons (Fsp3) is 0.294. The van der Waals surface area contributed by atoms with Crippen LogP contribution in [0.25, 0.3) is 10.9 Å². The number of fused-ring (bicyclic) bond motifs is 1. The maximum absolute atomic E-state index is 4.57. The van der Waals surface area contributed by atoms with Crippen molar-refractivity contribution in [1.29, 1.82) is 0 Å². The van der Waals surface area contributed by atoms with Crippen LogP contribution in [0.15, 0.2) is 30.3 Å². The first-order valence-corrected chi connectivity index (χ1v) is 7.35. The van der Waals surface area contributed by atoms with Crippen molar-refractivity contribution in [3.63, 3.8) is 0 Å². The molecule has 0 aliphatic rings. The molecular formula is C17H19N5. The molecule has 1 unspecified atom stereocenters. The molecule has 0 spiro atoms. The Morgan fingerprint density at radius 3 is 2.50 bits per heavy atom. The smallest absolute Gasteiger partial charge is 0.138 e. The van der Waals surface area contributed by atoms with Crippen LogP contribution in [0.4, 0.5) is 5.82 Å². The number of anilines is 1. The third-order valence-corrected chi connectivity index (χ3v) is 3.66. The van der Waals surface area contributed by atoms with E-state index in [0.29, 0.717) is 0 Å². The molecule has 2 heterocycles. The predicted molar refractivity (Wildman–Crippen MR) is 87.8 cm³/mol. The van der Waals surface area contributed by atoms with Crippen molar-refractivity contribution in [2.75, 3.05) is 5.32 Å². The molecule has 1 N–H and O–H groups in total. The first-order chi connectivity index (χ1) is 10.5. The third kappa shape index (κ3) is 2.74. The molecule has 1 atom stereocenters. The van der Waals surface area contributed by atoms with Gasteiger partial charge in [0.15, 0.2) is 0 Å². The van der Waals surface area contributed by atoms with Gasteiger partial charge in [-0.25, -0.2) is 9.97 Å². The van der Waals surface area contributed by atoms with Crippen molar-refractivity contribution in [3.05, 3.63) is 53.1 Å². The van der Waals surface area contributed by atoms with Gasteiger partial charge in [0.05, 0.1) is 22.9 Å². The van der Waals surface area contributed by atoms with Crippen LogP contribution in [0.3, 0.4) is 0 Å². The molecule has 22 heavy (non-hydrogen) atoms. The molecule has 3 rings (SSSR count). The van der Waals surface area contributed by atoms with Gasteiger partial charge in [-0.3, -0.25) is 0 Å². The Morgan fingerprint density at radius 1 is 0.955 bits per heavy atom. The van der Waals surface area contributed by atoms with E-state index >= 15 is 0 Å². The van der Waals surface area contributed by atoms with E-state index in [2.05, 4.69) is 45.4 Å². The highest BCUT2D eigenvalue weighted by Gasteiger charge is 2.13. The number of hydrogen-bond donors (Lipinski definition) is 1. The fourth-order valence-corrected chi connectivity index (χ4v) is 2.49. The summed E-state index contributed by atoms with van der Waals surface area (Å²) < 4.78 is 0. The Morgan fingerprint density at radius 2 is 1.77 bits per heavy atom. The van der Waals surface area contributed by atoms with Crippen LogP contribution in [0.2, 0.25) is 0 Å². The molecule has 112 valence electrons. The van der Waals surface area contributed by atoms with Gasteiger partial charge in [0, 0.05) is 5.39 Å². The highest BCUT2D eigenvalue weighted by atomic mass is 15.1. The van der Waals surface area contributed by atoms with E-state index in [1.807, 2.05) is 38.1 Å². The number of hydrogen-bond acceptors (Lipinski definition) is 5. The Kier molecular flexibility index (Phi) is 3.71. The van der Waals surface area contributed by atoms with Crippen molar-refractivity contribution in [1.82, 2.24) is 20.2 Å². The van der Waals surface area contributed by atoms with E-state index in [9.17, 15) is 0 Å². The van der Waals surface area contributed by atoms with Gasteiger partial charge >= 0.3 is 0 Å². The molecule has 5 nitrogen and oxygen atoms in total. The van der Waals surface area contributed by atoms with Crippen molar-refractivity contribution in [2.45, 2.75) is 33.7 Å². The Balaban J connectivity index is 2.01. The predicted octanol–water partition coefficient (Wildman–Crippen LogP) is 3.52. The lowest BCUT2D eigenvalue weighted by molar-refractivity contribution is 0.785. The van der Waals surface area contributed by atoms with Crippen LogP contribution >= 0.6 is 0 Å². The number of nitrogens with one attached hydrogen (secondary N) is 1. The lowest BCUT2D eigenvalue weighted by Gasteiger charge is -2.16. The van der Waals surface area contributed by atoms with Crippen LogP contribution in [0.1, 0.15) is 35.7 Å². The molecule has 0 saturated carbocycles. The topological polar surface area (TPSA) is 63.6 Å². The van der Waals surface area contributed by atoms with Gasteiger partial charge in [0.2, 0.25) is 0 Å². The van der Waals surface area contributed by atoms with Gasteiger partial charge in [0.25, 0.3) is 0 Å². The van der Waals surface area contributed by atoms with Gasteiger partial charge < -0.3 is 5.32 Å². The second-order valence-corrected chi connectivity index (χ2v) is 5.55. The minimum Gasteiger partial charge on any atom is -0.361 e. The minimum absolute atomic E-state index is 0.0187. The minimum atomic E-state index is 0.0187. The monoisotopic (exact) mass is 293 g/mol. The highest BCUT2D eigenvalue weighted by Crippen LogP contribution is 2.26. The van der Waals surface area contributed by atoms with Crippen LogP contribution in [-0.2, 0) is 0 Å². The molecule has 0 radical (unpaired) electrons. The standard InChI is InChI=1S/C17H19N5/c1-10-6-5-7-15-16(10)17(20-13(4)19-15)18-12(3)14-9-8-11(2)21-22-14/h5-9,12H,1-4H3,(H,18,19,20). The number of aryl methyl sites for hydroxylation is 3. The molecule has 2 aromatic heterocycles. The zero-order chi connectivity index (χ0) is 15.7. The van der Waals surface area contributed by atoms with Crippen molar-refractivity contribution in [3.8, 4) is 0 Å². The summed E-state index contributed by atoms with van der Waals surface area (Å²) in [6.45, 7) is 7.96. The summed E-state index contributed by atoms with van der Waals surface area (Å²) >= 11 is 0. The van der Waals surface area contributed by atoms with Gasteiger partial charge in [0.1, 0.15) is 11.6 Å². The molecular weight excluding hydrogens is 274 g/mol. The quantitative estimate of drug-likeness (QED) is 0.800. The summed E-state index contributed by atoms with van der Waals surface area (Å²) in [7, 11) is 0. The van der Waals surface area contributed by atoms with Crippen molar-refractivity contribution in [2.24, 2.45) is 0 Å². The highest BCUT2D eigenvalue weighted by molar-refractivity contribution is 5.92. The molecule has 5 heteroatoms. The normalized spacial score (nSPS) is 12.4. The summed E-state index contributed by atoms with van der Waals surface area (Å²) in [5.41, 5.74) is 3.91. The lowest BCUT2D eigenvalue weighted by Crippen LogP contribution is -2.12. The van der Waals surface area contributed by atoms with Crippen LogP contribution < -0.4 is 5.32 Å². The lowest BCUT2D eigenvalue weighted by atomic mass is 10.1. The first-order valence-electron chi connectivity index (χ1n) is 7.35. The van der Waals surface area contributed by atoms with E-state index in [1.54, 1.807) is 0 Å². The Bertz CT molecular complexity index is 811. The summed E-state index contributed by atoms with van der Waals surface area (Å²) in [6, 6.07) is 10.1. The van der Waals surface area contributed by atoms with Gasteiger partial charge in [-0.1, -0.05) is 12.1 Å². The van der Waals surface area contributed by atoms with E-state index < -0.39 is 0 Å². The molecule has 0 amide bonds. The van der Waals surface area contributed by atoms with Crippen LogP contribution in [-0.4, -0.2) is 20.2 Å². The number of rotatable bonds is 3. The molecule has 1 aromatic carbocycles. The zero-order valence-electron chi connectivity index (χ0n) is 13.3. The maximum Gasteiger partial charge on any atom is 0.138 e. The first kappa shape index (κ1) is 14.4. The number of benzene rings is 1. The van der Waals surface area contributed by atoms with E-state index in [1.165, 1.54) is 0 Å². The average Bonchev–Trinajstić information content (AvgIpc) is 2.47. The van der Waals surface area contributed by atoms with Crippen LogP contribution in [0, 0.1) is 20.8 Å². The molecule has 0 aliphatic carbocycles. The third-order valence-electron chi connectivity index (χ3n) is 3.66. The maximum atomic E-state index is 4.57. The van der Waals surface area contributed by atoms with E-state index in [4.69, 9.17) is 0 Å². The fourth-order valence-electron chi connectivity index (χ4n) is 2.49. The molecule has 0 bridgehead atoms. The second-order valence-electron chi connectivity index (χ2n) is 5.55. The van der Waals surface area contributed by atoms with Gasteiger partial charge in [-0.05, 0) is 51.5 Å². The van der Waals surface area contributed by atoms with E-state index in [-0.39, 0.29) is 6.04 Å². The molecule has 0 saturated heterocycles. The molecule has 3 aromatic rings. The summed E-state index contributed by atoms with van der Waals surface area (Å²) in [4.78, 5) is 9.08. The summed E-state index contributed by atoms with van der Waals surface area (Å²) in [6.07, 6.45) is 0. The summed E-state index contributed by atoms with van der Waals surface area (Å²) in [5, 5.41) is 12.9. The number of nitrogens with zero attached hydrogens (tertiary/aromatic N) is 4. The summed E-state index contributed by atoms with van der Waals surface area (Å²) in [5.74, 6) is 1.60. The van der Waals surface area contributed by atoms with Gasteiger partial charge in [-0.15, -0.1) is 0 Å². The Labute approximate surface area is 129 Å². The van der Waals surface area contributed by atoms with Crippen LogP contribution in [0.5, 0.6) is 0 Å². The SMILES string of the molecule is Cc1ccc(C(C)Nc2nc(C)nc3cccc(C)c23)nn1. The van der Waals surface area contributed by atoms with E-state index in [0.717, 1.165) is 39.5 Å². The van der Waals surface area contributed by atoms with Gasteiger partial charge in [-0.2, -0.15) is 10.2 Å².